The molecule has 3 aromatic carbocycles. The van der Waals surface area contributed by atoms with Gasteiger partial charge in [-0.2, -0.15) is 0 Å². The summed E-state index contributed by atoms with van der Waals surface area (Å²) in [6, 6.07) is 22.3. The van der Waals surface area contributed by atoms with E-state index >= 15 is 0 Å². The lowest BCUT2D eigenvalue weighted by Crippen LogP contribution is -2.44. The Bertz CT molecular complexity index is 1320. The number of rotatable bonds is 3. The van der Waals surface area contributed by atoms with E-state index in [0.29, 0.717) is 16.3 Å². The molecule has 5 nitrogen and oxygen atoms in total. The third-order valence-corrected chi connectivity index (χ3v) is 7.13. The molecule has 2 fully saturated rings. The number of amides is 2. The average Bonchev–Trinajstić information content (AvgIpc) is 3.32. The highest BCUT2D eigenvalue weighted by atomic mass is 35.5. The standard InChI is InChI=1S/C27H19ClN2O3/c28-18-10-12-19(13-11-18)30-26(32)21-22(27(30)33)24(25(31)17-7-2-1-3-8-17)29-15-14-16-6-4-5-9-20(16)23(21)29/h1-15,21-24H. The highest BCUT2D eigenvalue weighted by Gasteiger charge is 2.64. The third kappa shape index (κ3) is 2.89. The van der Waals surface area contributed by atoms with E-state index < -0.39 is 17.9 Å². The van der Waals surface area contributed by atoms with Crippen LogP contribution in [-0.2, 0) is 9.59 Å². The average molecular weight is 455 g/mol. The molecule has 162 valence electrons. The fourth-order valence-corrected chi connectivity index (χ4v) is 5.60. The van der Waals surface area contributed by atoms with E-state index in [-0.39, 0.29) is 23.6 Å². The summed E-state index contributed by atoms with van der Waals surface area (Å²) in [7, 11) is 0. The molecule has 0 spiro atoms. The van der Waals surface area contributed by atoms with Crippen LogP contribution in [0.5, 0.6) is 0 Å². The number of benzene rings is 3. The van der Waals surface area contributed by atoms with Gasteiger partial charge in [-0.3, -0.25) is 14.4 Å². The summed E-state index contributed by atoms with van der Waals surface area (Å²) in [4.78, 5) is 44.4. The summed E-state index contributed by atoms with van der Waals surface area (Å²) in [5.74, 6) is -2.22. The van der Waals surface area contributed by atoms with Gasteiger partial charge >= 0.3 is 0 Å². The van der Waals surface area contributed by atoms with Gasteiger partial charge in [0.15, 0.2) is 5.78 Å². The maximum atomic E-state index is 13.8. The van der Waals surface area contributed by atoms with Gasteiger partial charge in [-0.15, -0.1) is 0 Å². The minimum absolute atomic E-state index is 0.156. The van der Waals surface area contributed by atoms with E-state index in [4.69, 9.17) is 11.6 Å². The van der Waals surface area contributed by atoms with Gasteiger partial charge in [-0.1, -0.05) is 66.2 Å². The highest BCUT2D eigenvalue weighted by Crippen LogP contribution is 2.53. The van der Waals surface area contributed by atoms with E-state index in [1.54, 1.807) is 48.5 Å². The molecule has 0 N–H and O–H groups in total. The smallest absolute Gasteiger partial charge is 0.240 e. The molecule has 33 heavy (non-hydrogen) atoms. The number of fused-ring (bicyclic) bond motifs is 5. The second-order valence-electron chi connectivity index (χ2n) is 8.55. The number of Topliss-reactive ketones (excluding diaryl/α,β-unsaturated/α-hetero) is 1. The third-order valence-electron chi connectivity index (χ3n) is 6.87. The Morgan fingerprint density at radius 2 is 1.45 bits per heavy atom. The molecule has 0 aromatic heterocycles. The summed E-state index contributed by atoms with van der Waals surface area (Å²) < 4.78 is 0. The second kappa shape index (κ2) is 7.42. The molecule has 2 amide bonds. The molecule has 3 aromatic rings. The van der Waals surface area contributed by atoms with E-state index in [1.165, 1.54) is 4.90 Å². The lowest BCUT2D eigenvalue weighted by molar-refractivity contribution is -0.123. The van der Waals surface area contributed by atoms with Crippen LogP contribution in [0.2, 0.25) is 5.02 Å². The number of carbonyl (C=O) groups is 3. The Labute approximate surface area is 195 Å². The quantitative estimate of drug-likeness (QED) is 0.424. The van der Waals surface area contributed by atoms with Gasteiger partial charge < -0.3 is 4.90 Å². The van der Waals surface area contributed by atoms with Crippen molar-refractivity contribution in [2.75, 3.05) is 4.90 Å². The molecular formula is C27H19ClN2O3. The van der Waals surface area contributed by atoms with Crippen LogP contribution in [0, 0.1) is 11.8 Å². The predicted octanol–water partition coefficient (Wildman–Crippen LogP) is 4.74. The summed E-state index contributed by atoms with van der Waals surface area (Å²) >= 11 is 6.02. The van der Waals surface area contributed by atoms with Crippen molar-refractivity contribution >= 4 is 41.0 Å². The zero-order valence-electron chi connectivity index (χ0n) is 17.5. The molecule has 6 heteroatoms. The van der Waals surface area contributed by atoms with Crippen LogP contribution < -0.4 is 4.90 Å². The van der Waals surface area contributed by atoms with Crippen molar-refractivity contribution in [3.8, 4) is 0 Å². The van der Waals surface area contributed by atoms with E-state index in [1.807, 2.05) is 47.5 Å². The normalized spacial score (nSPS) is 25.1. The molecule has 3 aliphatic heterocycles. The fraction of sp³-hybridized carbons (Fsp3) is 0.148. The summed E-state index contributed by atoms with van der Waals surface area (Å²) in [5, 5.41) is 0.521. The number of halogens is 1. The van der Waals surface area contributed by atoms with Gasteiger partial charge in [0.2, 0.25) is 11.8 Å². The van der Waals surface area contributed by atoms with Crippen LogP contribution in [0.3, 0.4) is 0 Å². The highest BCUT2D eigenvalue weighted by molar-refractivity contribution is 6.31. The summed E-state index contributed by atoms with van der Waals surface area (Å²) in [6.45, 7) is 0. The van der Waals surface area contributed by atoms with E-state index in [2.05, 4.69) is 0 Å². The first-order chi connectivity index (χ1) is 16.1. The monoisotopic (exact) mass is 454 g/mol. The van der Waals surface area contributed by atoms with Crippen molar-refractivity contribution in [1.82, 2.24) is 4.90 Å². The zero-order valence-corrected chi connectivity index (χ0v) is 18.2. The molecule has 3 aliphatic rings. The fourth-order valence-electron chi connectivity index (χ4n) is 5.47. The topological polar surface area (TPSA) is 57.7 Å². The van der Waals surface area contributed by atoms with Crippen LogP contribution in [-0.4, -0.2) is 28.5 Å². The van der Waals surface area contributed by atoms with E-state index in [0.717, 1.165) is 11.1 Å². The Morgan fingerprint density at radius 1 is 0.788 bits per heavy atom. The Kier molecular flexibility index (Phi) is 4.49. The van der Waals surface area contributed by atoms with Crippen molar-refractivity contribution < 1.29 is 14.4 Å². The number of imide groups is 1. The lowest BCUT2D eigenvalue weighted by atomic mass is 9.83. The maximum Gasteiger partial charge on any atom is 0.240 e. The predicted molar refractivity (Wildman–Crippen MR) is 126 cm³/mol. The first-order valence-electron chi connectivity index (χ1n) is 10.8. The van der Waals surface area contributed by atoms with Crippen LogP contribution in [0.15, 0.2) is 85.1 Å². The lowest BCUT2D eigenvalue weighted by Gasteiger charge is -2.35. The number of hydrogen-bond donors (Lipinski definition) is 0. The van der Waals surface area contributed by atoms with Gasteiger partial charge in [0, 0.05) is 16.8 Å². The first-order valence-corrected chi connectivity index (χ1v) is 11.2. The van der Waals surface area contributed by atoms with Gasteiger partial charge in [-0.05, 0) is 41.5 Å². The molecule has 0 radical (unpaired) electrons. The molecule has 0 saturated carbocycles. The van der Waals surface area contributed by atoms with Crippen molar-refractivity contribution in [1.29, 1.82) is 0 Å². The Hall–Kier alpha value is -3.70. The van der Waals surface area contributed by atoms with Crippen molar-refractivity contribution in [3.05, 3.63) is 107 Å². The minimum atomic E-state index is -0.776. The van der Waals surface area contributed by atoms with Crippen LogP contribution in [0.4, 0.5) is 5.69 Å². The van der Waals surface area contributed by atoms with Crippen LogP contribution in [0.1, 0.15) is 27.5 Å². The zero-order chi connectivity index (χ0) is 22.7. The van der Waals surface area contributed by atoms with Crippen molar-refractivity contribution in [2.24, 2.45) is 11.8 Å². The second-order valence-corrected chi connectivity index (χ2v) is 8.99. The number of carbonyl (C=O) groups excluding carboxylic acids is 3. The summed E-state index contributed by atoms with van der Waals surface area (Å²) in [5.41, 5.74) is 2.95. The number of hydrogen-bond acceptors (Lipinski definition) is 4. The molecule has 0 aliphatic carbocycles. The molecule has 4 unspecified atom stereocenters. The molecule has 3 heterocycles. The largest absolute Gasteiger partial charge is 0.358 e. The Morgan fingerprint density at radius 3 is 2.21 bits per heavy atom. The first kappa shape index (κ1) is 19.9. The summed E-state index contributed by atoms with van der Waals surface area (Å²) in [6.07, 6.45) is 3.81. The van der Waals surface area contributed by atoms with Gasteiger partial charge in [0.05, 0.1) is 23.6 Å². The van der Waals surface area contributed by atoms with Gasteiger partial charge in [-0.25, -0.2) is 4.90 Å². The molecule has 6 rings (SSSR count). The van der Waals surface area contributed by atoms with Gasteiger partial charge in [0.25, 0.3) is 0 Å². The maximum absolute atomic E-state index is 13.8. The van der Waals surface area contributed by atoms with Crippen LogP contribution >= 0.6 is 11.6 Å². The van der Waals surface area contributed by atoms with Crippen LogP contribution in [0.25, 0.3) is 6.08 Å². The minimum Gasteiger partial charge on any atom is -0.358 e. The van der Waals surface area contributed by atoms with Crippen molar-refractivity contribution in [2.45, 2.75) is 12.1 Å². The number of ketones is 1. The molecule has 4 atom stereocenters. The number of anilines is 1. The molecule has 0 bridgehead atoms. The number of nitrogens with zero attached hydrogens (tertiary/aromatic N) is 2. The molecular weight excluding hydrogens is 436 g/mol. The van der Waals surface area contributed by atoms with Gasteiger partial charge in [0.1, 0.15) is 6.04 Å². The SMILES string of the molecule is O=C(c1ccccc1)C1C2C(=O)N(c3ccc(Cl)cc3)C(=O)C2C2c3ccccc3C=CN12. The van der Waals surface area contributed by atoms with Crippen molar-refractivity contribution in [3.63, 3.8) is 0 Å². The van der Waals surface area contributed by atoms with E-state index in [9.17, 15) is 14.4 Å². The molecule has 2 saturated heterocycles. The Balaban J connectivity index is 1.50.